The van der Waals surface area contributed by atoms with Gasteiger partial charge < -0.3 is 4.55 Å². The van der Waals surface area contributed by atoms with Crippen molar-refractivity contribution >= 4 is 41.8 Å². The van der Waals surface area contributed by atoms with E-state index in [1.165, 1.54) is 35.6 Å². The van der Waals surface area contributed by atoms with E-state index in [1.54, 1.807) is 18.2 Å². The van der Waals surface area contributed by atoms with Crippen molar-refractivity contribution in [3.63, 3.8) is 0 Å². The van der Waals surface area contributed by atoms with Crippen LogP contribution in [0.4, 0.5) is 0 Å². The van der Waals surface area contributed by atoms with Crippen molar-refractivity contribution in [1.82, 2.24) is 0 Å². The first-order valence-electron chi connectivity index (χ1n) is 7.29. The zero-order valence-electron chi connectivity index (χ0n) is 14.2. The summed E-state index contributed by atoms with van der Waals surface area (Å²) in [6.07, 6.45) is 0. The Hall–Kier alpha value is -1.85. The van der Waals surface area contributed by atoms with E-state index in [0.717, 1.165) is 20.8 Å². The minimum atomic E-state index is -4.27. The lowest BCUT2D eigenvalue weighted by molar-refractivity contribution is -0.646. The second kappa shape index (κ2) is 7.41. The van der Waals surface area contributed by atoms with Crippen molar-refractivity contribution in [3.8, 4) is 0 Å². The summed E-state index contributed by atoms with van der Waals surface area (Å²) in [5.74, 6) is 0. The first-order valence-corrected chi connectivity index (χ1v) is 11.0. The number of hydrogen-bond acceptors (Lipinski definition) is 6. The topological polar surface area (TPSA) is 115 Å². The van der Waals surface area contributed by atoms with Crippen LogP contribution in [0.2, 0.25) is 0 Å². The summed E-state index contributed by atoms with van der Waals surface area (Å²) in [4.78, 5) is -0.236. The Balaban J connectivity index is 0.000000197. The zero-order chi connectivity index (χ0) is 19.7. The summed E-state index contributed by atoms with van der Waals surface area (Å²) < 4.78 is 64.7. The van der Waals surface area contributed by atoms with Crippen LogP contribution in [-0.4, -0.2) is 25.9 Å². The molecule has 0 radical (unpaired) electrons. The third-order valence-corrected chi connectivity index (χ3v) is 6.45. The molecule has 0 saturated heterocycles. The van der Waals surface area contributed by atoms with Gasteiger partial charge in [0.05, 0.1) is 9.79 Å². The highest BCUT2D eigenvalue weighted by atomic mass is 32.2. The molecule has 1 heterocycles. The predicted molar refractivity (Wildman–Crippen MR) is 96.7 cm³/mol. The fourth-order valence-electron chi connectivity index (χ4n) is 2.12. The van der Waals surface area contributed by atoms with Crippen molar-refractivity contribution in [1.29, 1.82) is 0 Å². The minimum Gasteiger partial charge on any atom is -0.744 e. The maximum Gasteiger partial charge on any atom is 0.294 e. The van der Waals surface area contributed by atoms with Gasteiger partial charge in [-0.15, -0.1) is 0 Å². The van der Waals surface area contributed by atoms with E-state index >= 15 is 0 Å². The first kappa shape index (κ1) is 20.5. The van der Waals surface area contributed by atoms with Crippen LogP contribution in [0, 0.1) is 13.8 Å². The van der Waals surface area contributed by atoms with Gasteiger partial charge in [-0.3, -0.25) is 4.55 Å². The van der Waals surface area contributed by atoms with E-state index < -0.39 is 20.2 Å². The first-order chi connectivity index (χ1) is 11.9. The number of aromatic nitrogens is 1. The van der Waals surface area contributed by atoms with Crippen molar-refractivity contribution < 1.29 is 30.5 Å². The van der Waals surface area contributed by atoms with Crippen LogP contribution in [0.1, 0.15) is 10.6 Å². The normalized spacial score (nSPS) is 11.9. The Kier molecular flexibility index (Phi) is 5.83. The van der Waals surface area contributed by atoms with Gasteiger partial charge in [0.25, 0.3) is 10.1 Å². The third-order valence-electron chi connectivity index (χ3n) is 3.63. The molecule has 3 aromatic rings. The monoisotopic (exact) mass is 415 g/mol. The van der Waals surface area contributed by atoms with Gasteiger partial charge >= 0.3 is 0 Å². The smallest absolute Gasteiger partial charge is 0.294 e. The summed E-state index contributed by atoms with van der Waals surface area (Å²) in [5, 5.41) is 1.08. The van der Waals surface area contributed by atoms with Crippen LogP contribution in [0.15, 0.2) is 52.3 Å². The van der Waals surface area contributed by atoms with Gasteiger partial charge in [0.15, 0.2) is 0 Å². The number of rotatable bonds is 2. The van der Waals surface area contributed by atoms with E-state index in [4.69, 9.17) is 4.55 Å². The minimum absolute atomic E-state index is 0.0585. The molecule has 0 aliphatic rings. The summed E-state index contributed by atoms with van der Waals surface area (Å²) in [6, 6.07) is 10.4. The van der Waals surface area contributed by atoms with E-state index in [9.17, 15) is 21.4 Å². The van der Waals surface area contributed by atoms with E-state index in [0.29, 0.717) is 0 Å². The number of nitrogens with zero attached hydrogens (tertiary/aromatic N) is 1. The van der Waals surface area contributed by atoms with Crippen molar-refractivity contribution in [2.24, 2.45) is 7.05 Å². The molecule has 0 unspecified atom stereocenters. The summed E-state index contributed by atoms with van der Waals surface area (Å²) in [6.45, 7) is 3.78. The number of hydrogen-bond donors (Lipinski definition) is 1. The highest BCUT2D eigenvalue weighted by molar-refractivity contribution is 7.86. The largest absolute Gasteiger partial charge is 0.744 e. The highest BCUT2D eigenvalue weighted by Gasteiger charge is 2.17. The Morgan fingerprint density at radius 3 is 2.00 bits per heavy atom. The molecule has 0 fully saturated rings. The Morgan fingerprint density at radius 1 is 0.962 bits per heavy atom. The lowest BCUT2D eigenvalue weighted by atomic mass is 10.2. The molecule has 2 aromatic carbocycles. The van der Waals surface area contributed by atoms with Crippen molar-refractivity contribution in [2.75, 3.05) is 0 Å². The standard InChI is InChI=1S/C9H9NO3S2.C7H8O3S/c1-6-10(2)8-4-3-7(15(11,12)13)5-9(8)14-6;1-6-2-4-7(5-3-6)11(8,9)10/h3-5H,1-2H3;2-5H,1H3,(H,8,9,10). The van der Waals surface area contributed by atoms with Gasteiger partial charge in [-0.25, -0.2) is 8.42 Å². The van der Waals surface area contributed by atoms with E-state index in [1.807, 2.05) is 25.5 Å². The molecular weight excluding hydrogens is 398 g/mol. The van der Waals surface area contributed by atoms with Crippen LogP contribution < -0.4 is 4.57 Å². The molecular formula is C16H17NO6S3. The molecule has 0 aliphatic carbocycles. The summed E-state index contributed by atoms with van der Waals surface area (Å²) in [5.41, 5.74) is 1.89. The quantitative estimate of drug-likeness (QED) is 0.507. The van der Waals surface area contributed by atoms with Crippen LogP contribution in [-0.2, 0) is 27.3 Å². The van der Waals surface area contributed by atoms with Crippen LogP contribution in [0.5, 0.6) is 0 Å². The molecule has 0 bridgehead atoms. The number of thiazole rings is 1. The van der Waals surface area contributed by atoms with Gasteiger partial charge in [-0.05, 0) is 31.2 Å². The highest BCUT2D eigenvalue weighted by Crippen LogP contribution is 2.22. The van der Waals surface area contributed by atoms with Gasteiger partial charge in [-0.1, -0.05) is 29.0 Å². The summed E-state index contributed by atoms with van der Waals surface area (Å²) >= 11 is 1.50. The van der Waals surface area contributed by atoms with Gasteiger partial charge in [0, 0.05) is 13.0 Å². The van der Waals surface area contributed by atoms with Gasteiger partial charge in [-0.2, -0.15) is 13.0 Å². The lowest BCUT2D eigenvalue weighted by Crippen LogP contribution is -2.28. The molecule has 1 N–H and O–H groups in total. The van der Waals surface area contributed by atoms with Gasteiger partial charge in [0.2, 0.25) is 10.5 Å². The molecule has 0 spiro atoms. The zero-order valence-corrected chi connectivity index (χ0v) is 16.7. The number of benzene rings is 2. The van der Waals surface area contributed by atoms with E-state index in [2.05, 4.69) is 0 Å². The molecule has 0 aliphatic heterocycles. The Morgan fingerprint density at radius 2 is 1.50 bits per heavy atom. The van der Waals surface area contributed by atoms with Crippen LogP contribution >= 0.6 is 11.3 Å². The predicted octanol–water partition coefficient (Wildman–Crippen LogP) is 2.18. The maximum atomic E-state index is 10.9. The molecule has 10 heteroatoms. The van der Waals surface area contributed by atoms with Crippen molar-refractivity contribution in [2.45, 2.75) is 23.6 Å². The fourth-order valence-corrected chi connectivity index (χ4v) is 4.22. The Bertz CT molecular complexity index is 1150. The van der Waals surface area contributed by atoms with Crippen molar-refractivity contribution in [3.05, 3.63) is 53.0 Å². The third kappa shape index (κ3) is 4.86. The second-order valence-electron chi connectivity index (χ2n) is 5.55. The average Bonchev–Trinajstić information content (AvgIpc) is 2.81. The summed E-state index contributed by atoms with van der Waals surface area (Å²) in [7, 11) is -6.45. The maximum absolute atomic E-state index is 10.9. The molecule has 26 heavy (non-hydrogen) atoms. The fraction of sp³-hybridized carbons (Fsp3) is 0.188. The average molecular weight is 416 g/mol. The van der Waals surface area contributed by atoms with Crippen LogP contribution in [0.3, 0.4) is 0 Å². The van der Waals surface area contributed by atoms with Gasteiger partial charge in [0.1, 0.15) is 21.9 Å². The number of aryl methyl sites for hydroxylation is 3. The number of fused-ring (bicyclic) bond motifs is 1. The molecule has 1 aromatic heterocycles. The lowest BCUT2D eigenvalue weighted by Gasteiger charge is -2.05. The molecule has 0 saturated carbocycles. The SMILES string of the molecule is Cc1ccc(S(=O)(=O)[O-])cc1.Cc1sc2cc(S(=O)(=O)O)ccc2[n+]1C. The molecule has 7 nitrogen and oxygen atoms in total. The Labute approximate surface area is 156 Å². The molecule has 0 atom stereocenters. The van der Waals surface area contributed by atoms with E-state index in [-0.39, 0.29) is 9.79 Å². The molecule has 140 valence electrons. The molecule has 3 rings (SSSR count). The molecule has 0 amide bonds. The second-order valence-corrected chi connectivity index (χ2v) is 9.59. The van der Waals surface area contributed by atoms with Crippen LogP contribution in [0.25, 0.3) is 10.2 Å².